The van der Waals surface area contributed by atoms with Crippen molar-refractivity contribution in [1.82, 2.24) is 4.57 Å². The van der Waals surface area contributed by atoms with Gasteiger partial charge in [0.2, 0.25) is 0 Å². The summed E-state index contributed by atoms with van der Waals surface area (Å²) in [5, 5.41) is 34.6. The average Bonchev–Trinajstić information content (AvgIpc) is 3.44. The molecule has 2 aromatic heterocycles. The van der Waals surface area contributed by atoms with Crippen molar-refractivity contribution in [2.75, 3.05) is 5.32 Å². The highest BCUT2D eigenvalue weighted by Crippen LogP contribution is 2.38. The summed E-state index contributed by atoms with van der Waals surface area (Å²) in [6.07, 6.45) is 7.25. The highest BCUT2D eigenvalue weighted by Gasteiger charge is 2.23. The summed E-state index contributed by atoms with van der Waals surface area (Å²) in [6.45, 7) is 0.465. The molecule has 2 aromatic carbocycles. The molecule has 37 heavy (non-hydrogen) atoms. The first-order chi connectivity index (χ1) is 18.0. The van der Waals surface area contributed by atoms with E-state index in [2.05, 4.69) is 11.4 Å². The van der Waals surface area contributed by atoms with Crippen LogP contribution in [0.15, 0.2) is 60.3 Å². The summed E-state index contributed by atoms with van der Waals surface area (Å²) in [5.74, 6) is -0.551. The monoisotopic (exact) mass is 507 g/mol. The first-order valence-corrected chi connectivity index (χ1v) is 12.6. The number of para-hydroxylation sites is 1. The van der Waals surface area contributed by atoms with Crippen molar-refractivity contribution in [1.29, 1.82) is 10.5 Å². The Labute approximate surface area is 216 Å². The molecule has 0 bridgehead atoms. The lowest BCUT2D eigenvalue weighted by Crippen LogP contribution is -2.13. The normalized spacial score (nSPS) is 13.0. The Kier molecular flexibility index (Phi) is 6.55. The van der Waals surface area contributed by atoms with E-state index < -0.39 is 10.8 Å². The van der Waals surface area contributed by atoms with Crippen molar-refractivity contribution in [3.63, 3.8) is 0 Å². The number of rotatable bonds is 6. The molecule has 9 heteroatoms. The minimum absolute atomic E-state index is 0.0283. The predicted octanol–water partition coefficient (Wildman–Crippen LogP) is 5.96. The Hall–Kier alpha value is -4.73. The number of carbonyl (C=O) groups excluding carboxylic acids is 1. The molecule has 2 heterocycles. The molecule has 0 radical (unpaired) electrons. The number of non-ortho nitro benzene ring substituents is 1. The van der Waals surface area contributed by atoms with E-state index in [1.54, 1.807) is 18.2 Å². The number of nitrogens with zero attached hydrogens (tertiary/aromatic N) is 4. The van der Waals surface area contributed by atoms with Crippen LogP contribution in [0.3, 0.4) is 0 Å². The number of nitriles is 2. The fourth-order valence-electron chi connectivity index (χ4n) is 4.69. The van der Waals surface area contributed by atoms with Gasteiger partial charge in [0.15, 0.2) is 0 Å². The summed E-state index contributed by atoms with van der Waals surface area (Å²) in [6, 6.07) is 18.3. The molecule has 1 amide bonds. The number of carbonyl (C=O) groups is 1. The Morgan fingerprint density at radius 2 is 1.89 bits per heavy atom. The largest absolute Gasteiger partial charge is 0.342 e. The van der Waals surface area contributed by atoms with Crippen molar-refractivity contribution >= 4 is 44.9 Å². The van der Waals surface area contributed by atoms with Gasteiger partial charge in [-0.3, -0.25) is 14.9 Å². The molecule has 8 nitrogen and oxygen atoms in total. The summed E-state index contributed by atoms with van der Waals surface area (Å²) in [7, 11) is 0. The van der Waals surface area contributed by atoms with E-state index in [0.29, 0.717) is 22.7 Å². The number of anilines is 1. The molecular formula is C28H21N5O3S. The van der Waals surface area contributed by atoms with E-state index in [1.165, 1.54) is 23.5 Å². The number of aromatic nitrogens is 1. The van der Waals surface area contributed by atoms with Crippen molar-refractivity contribution in [2.45, 2.75) is 32.2 Å². The summed E-state index contributed by atoms with van der Waals surface area (Å²) < 4.78 is 1.98. The van der Waals surface area contributed by atoms with Gasteiger partial charge in [-0.25, -0.2) is 0 Å². The molecule has 0 fully saturated rings. The number of amides is 1. The molecule has 1 N–H and O–H groups in total. The van der Waals surface area contributed by atoms with Crippen LogP contribution in [-0.2, 0) is 24.2 Å². The number of nitro groups is 1. The minimum atomic E-state index is -0.551. The fraction of sp³-hybridized carbons (Fsp3) is 0.179. The maximum Gasteiger partial charge on any atom is 0.269 e. The van der Waals surface area contributed by atoms with E-state index in [4.69, 9.17) is 0 Å². The minimum Gasteiger partial charge on any atom is -0.342 e. The number of hydrogen-bond acceptors (Lipinski definition) is 6. The Balaban J connectivity index is 1.45. The Morgan fingerprint density at radius 1 is 1.14 bits per heavy atom. The first kappa shape index (κ1) is 24.0. The van der Waals surface area contributed by atoms with E-state index in [-0.39, 0.29) is 11.3 Å². The zero-order valence-electron chi connectivity index (χ0n) is 19.7. The number of benzene rings is 2. The molecule has 1 aliphatic carbocycles. The first-order valence-electron chi connectivity index (χ1n) is 11.8. The third kappa shape index (κ3) is 4.73. The molecule has 1 aliphatic rings. The van der Waals surface area contributed by atoms with Gasteiger partial charge in [-0.15, -0.1) is 11.3 Å². The maximum atomic E-state index is 13.1. The third-order valence-corrected chi connectivity index (χ3v) is 7.70. The molecule has 182 valence electrons. The van der Waals surface area contributed by atoms with Crippen molar-refractivity contribution in [2.24, 2.45) is 0 Å². The number of aryl methyl sites for hydroxylation is 1. The predicted molar refractivity (Wildman–Crippen MR) is 142 cm³/mol. The van der Waals surface area contributed by atoms with Crippen molar-refractivity contribution < 1.29 is 9.72 Å². The third-order valence-electron chi connectivity index (χ3n) is 6.49. The lowest BCUT2D eigenvalue weighted by Gasteiger charge is -2.09. The van der Waals surface area contributed by atoms with Crippen LogP contribution in [-0.4, -0.2) is 15.4 Å². The lowest BCUT2D eigenvalue weighted by atomic mass is 9.96. The molecule has 4 aromatic rings. The van der Waals surface area contributed by atoms with Crippen LogP contribution in [0.1, 0.15) is 40.0 Å². The average molecular weight is 508 g/mol. The van der Waals surface area contributed by atoms with Gasteiger partial charge in [-0.1, -0.05) is 30.3 Å². The van der Waals surface area contributed by atoms with Gasteiger partial charge in [-0.05, 0) is 49.0 Å². The van der Waals surface area contributed by atoms with E-state index in [9.17, 15) is 25.4 Å². The highest BCUT2D eigenvalue weighted by atomic mass is 32.1. The van der Waals surface area contributed by atoms with Crippen LogP contribution in [0.25, 0.3) is 17.0 Å². The zero-order valence-corrected chi connectivity index (χ0v) is 20.5. The Morgan fingerprint density at radius 3 is 2.62 bits per heavy atom. The molecule has 0 saturated heterocycles. The molecule has 0 aliphatic heterocycles. The van der Waals surface area contributed by atoms with E-state index in [1.807, 2.05) is 41.1 Å². The summed E-state index contributed by atoms with van der Waals surface area (Å²) >= 11 is 1.42. The van der Waals surface area contributed by atoms with Crippen LogP contribution in [0, 0.1) is 32.8 Å². The smallest absolute Gasteiger partial charge is 0.269 e. The molecular weight excluding hydrogens is 486 g/mol. The number of nitro benzene ring substituents is 1. The lowest BCUT2D eigenvalue weighted by molar-refractivity contribution is -0.384. The van der Waals surface area contributed by atoms with Crippen molar-refractivity contribution in [3.05, 3.63) is 97.5 Å². The standard InChI is InChI=1S/C28H21N5O3S/c29-14-19(27(34)31-28-24(15-30)23-6-2-4-8-26(23)37-28)13-20-17-32(25-7-3-1-5-22(20)25)16-18-9-11-21(12-10-18)33(35)36/h1,3,5,7,9-13,17H,2,4,6,8,16H2,(H,31,34). The molecule has 0 unspecified atom stereocenters. The molecule has 0 saturated carbocycles. The second-order valence-corrected chi connectivity index (χ2v) is 9.91. The fourth-order valence-corrected chi connectivity index (χ4v) is 5.92. The molecule has 0 atom stereocenters. The number of fused-ring (bicyclic) bond motifs is 2. The van der Waals surface area contributed by atoms with Gasteiger partial charge < -0.3 is 9.88 Å². The van der Waals surface area contributed by atoms with Crippen LogP contribution in [0.5, 0.6) is 0 Å². The summed E-state index contributed by atoms with van der Waals surface area (Å²) in [5.41, 5.74) is 3.98. The quantitative estimate of drug-likeness (QED) is 0.149. The van der Waals surface area contributed by atoms with Gasteiger partial charge in [0, 0.05) is 46.2 Å². The van der Waals surface area contributed by atoms with Crippen LogP contribution >= 0.6 is 11.3 Å². The SMILES string of the molecule is N#CC(=Cc1cn(Cc2ccc([N+](=O)[O-])cc2)c2ccccc12)C(=O)Nc1sc2c(c1C#N)CCCC2. The van der Waals surface area contributed by atoms with E-state index >= 15 is 0 Å². The van der Waals surface area contributed by atoms with Gasteiger partial charge in [0.05, 0.1) is 10.5 Å². The number of hydrogen-bond donors (Lipinski definition) is 1. The van der Waals surface area contributed by atoms with Gasteiger partial charge in [0.1, 0.15) is 22.7 Å². The number of thiophene rings is 1. The zero-order chi connectivity index (χ0) is 25.9. The van der Waals surface area contributed by atoms with Crippen molar-refractivity contribution in [3.8, 4) is 12.1 Å². The van der Waals surface area contributed by atoms with Gasteiger partial charge >= 0.3 is 0 Å². The van der Waals surface area contributed by atoms with Crippen LogP contribution in [0.2, 0.25) is 0 Å². The topological polar surface area (TPSA) is 125 Å². The van der Waals surface area contributed by atoms with Crippen LogP contribution in [0.4, 0.5) is 10.7 Å². The molecule has 5 rings (SSSR count). The van der Waals surface area contributed by atoms with E-state index in [0.717, 1.165) is 52.6 Å². The number of nitrogens with one attached hydrogen (secondary N) is 1. The Bertz CT molecular complexity index is 1650. The highest BCUT2D eigenvalue weighted by molar-refractivity contribution is 7.16. The second-order valence-electron chi connectivity index (χ2n) is 8.80. The van der Waals surface area contributed by atoms with Crippen LogP contribution < -0.4 is 5.32 Å². The van der Waals surface area contributed by atoms with Gasteiger partial charge in [0.25, 0.3) is 11.6 Å². The van der Waals surface area contributed by atoms with Gasteiger partial charge in [-0.2, -0.15) is 10.5 Å². The maximum absolute atomic E-state index is 13.1. The second kappa shape index (κ2) is 10.1. The summed E-state index contributed by atoms with van der Waals surface area (Å²) in [4.78, 5) is 24.7. The molecule has 0 spiro atoms.